The Balaban J connectivity index is 1.41. The van der Waals surface area contributed by atoms with Gasteiger partial charge >= 0.3 is 0 Å². The smallest absolute Gasteiger partial charge is 0.269 e. The number of amidine groups is 1. The molecule has 0 fully saturated rings. The fraction of sp³-hybridized carbons (Fsp3) is 0.0526. The molecule has 4 rings (SSSR count). The van der Waals surface area contributed by atoms with Crippen LogP contribution >= 0.6 is 11.8 Å². The largest absolute Gasteiger partial charge is 0.334 e. The molecular weight excluding hydrogens is 364 g/mol. The molecule has 0 saturated heterocycles. The maximum atomic E-state index is 12.2. The van der Waals surface area contributed by atoms with Crippen LogP contribution in [0.2, 0.25) is 0 Å². The van der Waals surface area contributed by atoms with Crippen molar-refractivity contribution in [2.24, 2.45) is 4.99 Å². The number of hydrogen-bond acceptors (Lipinski definition) is 6. The number of hydrogen-bond donors (Lipinski definition) is 2. The van der Waals surface area contributed by atoms with Gasteiger partial charge < -0.3 is 10.6 Å². The molecule has 2 N–H and O–H groups in total. The van der Waals surface area contributed by atoms with Gasteiger partial charge in [0.05, 0.1) is 22.1 Å². The number of nitro groups is 1. The predicted octanol–water partition coefficient (Wildman–Crippen LogP) is 4.53. The topological polar surface area (TPSA) is 96.6 Å². The molecule has 0 radical (unpaired) electrons. The van der Waals surface area contributed by atoms with Gasteiger partial charge in [-0.2, -0.15) is 0 Å². The molecule has 0 spiro atoms. The number of carbonyl (C=O) groups is 1. The summed E-state index contributed by atoms with van der Waals surface area (Å²) in [6.45, 7) is 0. The fourth-order valence-electron chi connectivity index (χ4n) is 2.84. The molecule has 1 amide bonds. The molecule has 0 saturated carbocycles. The Morgan fingerprint density at radius 1 is 1.11 bits per heavy atom. The van der Waals surface area contributed by atoms with Crippen molar-refractivity contribution in [3.8, 4) is 0 Å². The third-order valence-electron chi connectivity index (χ3n) is 4.05. The Hall–Kier alpha value is -3.39. The van der Waals surface area contributed by atoms with Gasteiger partial charge in [-0.05, 0) is 29.7 Å². The van der Waals surface area contributed by atoms with E-state index in [0.29, 0.717) is 10.9 Å². The number of nitrogens with zero attached hydrogens (tertiary/aromatic N) is 2. The standard InChI is InChI=1S/C19H14N4O3S/c24-17(20-13-7-9-14(10-8-13)23(25)26)11-27-19-21-15-5-1-3-12-4-2-6-16(22-19)18(12)15/h1-10H,11H2,(H,20,24)(H,21,22). The van der Waals surface area contributed by atoms with E-state index in [4.69, 9.17) is 0 Å². The third-order valence-corrected chi connectivity index (χ3v) is 4.92. The SMILES string of the molecule is O=C(CSC1=Nc2cccc3cccc(c23)N1)Nc1ccc([N+](=O)[O-])cc1. The molecule has 3 aromatic rings. The summed E-state index contributed by atoms with van der Waals surface area (Å²) in [5.41, 5.74) is 2.34. The van der Waals surface area contributed by atoms with E-state index in [1.54, 1.807) is 0 Å². The Bertz CT molecular complexity index is 1070. The van der Waals surface area contributed by atoms with Gasteiger partial charge in [0.25, 0.3) is 5.69 Å². The zero-order valence-electron chi connectivity index (χ0n) is 14.0. The fourth-order valence-corrected chi connectivity index (χ4v) is 3.52. The van der Waals surface area contributed by atoms with E-state index >= 15 is 0 Å². The van der Waals surface area contributed by atoms with Gasteiger partial charge in [-0.1, -0.05) is 36.0 Å². The second-order valence-electron chi connectivity index (χ2n) is 5.86. The third kappa shape index (κ3) is 3.61. The summed E-state index contributed by atoms with van der Waals surface area (Å²) in [6, 6.07) is 17.7. The first-order valence-electron chi connectivity index (χ1n) is 8.15. The number of anilines is 2. The van der Waals surface area contributed by atoms with Crippen LogP contribution in [0.15, 0.2) is 65.7 Å². The quantitative estimate of drug-likeness (QED) is 0.513. The van der Waals surface area contributed by atoms with E-state index in [9.17, 15) is 14.9 Å². The first kappa shape index (κ1) is 17.0. The average Bonchev–Trinajstić information content (AvgIpc) is 2.67. The van der Waals surface area contributed by atoms with Crippen LogP contribution in [0.4, 0.5) is 22.7 Å². The summed E-state index contributed by atoms with van der Waals surface area (Å²) in [5.74, 6) is -0.0450. The van der Waals surface area contributed by atoms with E-state index in [1.165, 1.54) is 36.0 Å². The lowest BCUT2D eigenvalue weighted by atomic mass is 10.1. The van der Waals surface area contributed by atoms with Crippen molar-refractivity contribution in [2.45, 2.75) is 0 Å². The molecule has 1 heterocycles. The van der Waals surface area contributed by atoms with Crippen molar-refractivity contribution in [2.75, 3.05) is 16.4 Å². The van der Waals surface area contributed by atoms with Gasteiger partial charge in [0.1, 0.15) is 0 Å². The molecule has 1 aliphatic heterocycles. The summed E-state index contributed by atoms with van der Waals surface area (Å²) in [7, 11) is 0. The summed E-state index contributed by atoms with van der Waals surface area (Å²) in [5, 5.41) is 19.5. The first-order valence-corrected chi connectivity index (χ1v) is 9.13. The molecule has 1 aliphatic rings. The zero-order valence-corrected chi connectivity index (χ0v) is 14.8. The van der Waals surface area contributed by atoms with Crippen molar-refractivity contribution in [1.82, 2.24) is 0 Å². The summed E-state index contributed by atoms with van der Waals surface area (Å²) in [6.07, 6.45) is 0. The highest BCUT2D eigenvalue weighted by molar-refractivity contribution is 8.14. The number of nitro benzene ring substituents is 1. The molecule has 0 bridgehead atoms. The predicted molar refractivity (Wildman–Crippen MR) is 109 cm³/mol. The molecule has 134 valence electrons. The minimum absolute atomic E-state index is 0.0176. The molecule has 0 unspecified atom stereocenters. The van der Waals surface area contributed by atoms with Gasteiger partial charge in [0.15, 0.2) is 5.17 Å². The molecule has 0 atom stereocenters. The first-order chi connectivity index (χ1) is 13.1. The molecule has 7 nitrogen and oxygen atoms in total. The molecule has 8 heteroatoms. The van der Waals surface area contributed by atoms with Crippen LogP contribution in [0.25, 0.3) is 10.8 Å². The second-order valence-corrected chi connectivity index (χ2v) is 6.83. The van der Waals surface area contributed by atoms with E-state index in [1.807, 2.05) is 36.4 Å². The Kier molecular flexibility index (Phi) is 4.47. The number of non-ortho nitro benzene ring substituents is 1. The van der Waals surface area contributed by atoms with Crippen LogP contribution in [-0.2, 0) is 4.79 Å². The van der Waals surface area contributed by atoms with Crippen LogP contribution in [0.5, 0.6) is 0 Å². The number of amides is 1. The van der Waals surface area contributed by atoms with E-state index in [2.05, 4.69) is 15.6 Å². The van der Waals surface area contributed by atoms with Crippen LogP contribution < -0.4 is 10.6 Å². The lowest BCUT2D eigenvalue weighted by molar-refractivity contribution is -0.384. The van der Waals surface area contributed by atoms with Crippen molar-refractivity contribution in [3.63, 3.8) is 0 Å². The number of carbonyl (C=O) groups excluding carboxylic acids is 1. The van der Waals surface area contributed by atoms with Gasteiger partial charge in [-0.25, -0.2) is 4.99 Å². The maximum absolute atomic E-state index is 12.2. The van der Waals surface area contributed by atoms with Crippen molar-refractivity contribution < 1.29 is 9.72 Å². The number of aliphatic imine (C=N–C) groups is 1. The van der Waals surface area contributed by atoms with E-state index in [-0.39, 0.29) is 17.3 Å². The Morgan fingerprint density at radius 2 is 1.85 bits per heavy atom. The number of thioether (sulfide) groups is 1. The maximum Gasteiger partial charge on any atom is 0.269 e. The zero-order chi connectivity index (χ0) is 18.8. The monoisotopic (exact) mass is 378 g/mol. The summed E-state index contributed by atoms with van der Waals surface area (Å²) < 4.78 is 0. The minimum Gasteiger partial charge on any atom is -0.334 e. The summed E-state index contributed by atoms with van der Waals surface area (Å²) in [4.78, 5) is 26.9. The molecule has 0 aliphatic carbocycles. The average molecular weight is 378 g/mol. The van der Waals surface area contributed by atoms with E-state index < -0.39 is 4.92 Å². The van der Waals surface area contributed by atoms with Gasteiger partial charge in [-0.3, -0.25) is 14.9 Å². The van der Waals surface area contributed by atoms with Crippen LogP contribution in [-0.4, -0.2) is 21.8 Å². The number of nitrogens with one attached hydrogen (secondary N) is 2. The Labute approximate surface area is 158 Å². The van der Waals surface area contributed by atoms with Crippen LogP contribution in [0.1, 0.15) is 0 Å². The highest BCUT2D eigenvalue weighted by atomic mass is 32.2. The Morgan fingerprint density at radius 3 is 2.59 bits per heavy atom. The second kappa shape index (κ2) is 7.08. The molecule has 3 aromatic carbocycles. The van der Waals surface area contributed by atoms with Crippen LogP contribution in [0.3, 0.4) is 0 Å². The van der Waals surface area contributed by atoms with Crippen molar-refractivity contribution in [1.29, 1.82) is 0 Å². The normalized spacial score (nSPS) is 12.2. The van der Waals surface area contributed by atoms with Gasteiger partial charge in [0.2, 0.25) is 5.91 Å². The number of benzene rings is 3. The van der Waals surface area contributed by atoms with Crippen molar-refractivity contribution >= 4 is 56.4 Å². The van der Waals surface area contributed by atoms with Gasteiger partial charge in [-0.15, -0.1) is 0 Å². The van der Waals surface area contributed by atoms with Crippen LogP contribution in [0, 0.1) is 10.1 Å². The molecule has 27 heavy (non-hydrogen) atoms. The van der Waals surface area contributed by atoms with Gasteiger partial charge in [0, 0.05) is 23.2 Å². The lowest BCUT2D eigenvalue weighted by Crippen LogP contribution is -2.18. The highest BCUT2D eigenvalue weighted by Crippen LogP contribution is 2.36. The summed E-state index contributed by atoms with van der Waals surface area (Å²) >= 11 is 1.30. The van der Waals surface area contributed by atoms with E-state index in [0.717, 1.165) is 22.1 Å². The number of rotatable bonds is 4. The molecule has 0 aromatic heterocycles. The highest BCUT2D eigenvalue weighted by Gasteiger charge is 2.15. The minimum atomic E-state index is -0.479. The lowest BCUT2D eigenvalue weighted by Gasteiger charge is -2.18. The van der Waals surface area contributed by atoms with Crippen molar-refractivity contribution in [3.05, 3.63) is 70.8 Å². The molecular formula is C19H14N4O3S.